The zero-order valence-electron chi connectivity index (χ0n) is 8.91. The molecule has 0 aliphatic heterocycles. The first-order chi connectivity index (χ1) is 4.71. The summed E-state index contributed by atoms with van der Waals surface area (Å²) in [4.78, 5) is 0. The lowest BCUT2D eigenvalue weighted by Gasteiger charge is -2.33. The molecule has 0 aromatic rings. The summed E-state index contributed by atoms with van der Waals surface area (Å²) in [5.41, 5.74) is 1.06. The molecule has 0 rings (SSSR count). The van der Waals surface area contributed by atoms with E-state index in [0.717, 1.165) is 9.52 Å². The molecule has 0 aromatic carbocycles. The summed E-state index contributed by atoms with van der Waals surface area (Å²) in [5, 5.41) is 0. The molecular formula is C10H22Si-. The van der Waals surface area contributed by atoms with E-state index in [1.165, 1.54) is 12.1 Å². The normalized spacial score (nSPS) is 13.6. The standard InChI is InChI=1S/C10H22Si/c1-9(2,3)7-11-8-10(4,5)6/h7-8H2,1-6H3/q-1. The van der Waals surface area contributed by atoms with Crippen LogP contribution in [-0.2, 0) is 0 Å². The van der Waals surface area contributed by atoms with Crippen LogP contribution in [0.4, 0.5) is 0 Å². The van der Waals surface area contributed by atoms with Crippen LogP contribution in [0.3, 0.4) is 0 Å². The first-order valence-corrected chi connectivity index (χ1v) is 5.83. The lowest BCUT2D eigenvalue weighted by Crippen LogP contribution is -2.14. The van der Waals surface area contributed by atoms with Crippen molar-refractivity contribution in [2.24, 2.45) is 10.8 Å². The third-order valence-corrected chi connectivity index (χ3v) is 3.93. The van der Waals surface area contributed by atoms with Crippen LogP contribution in [0.25, 0.3) is 0 Å². The third-order valence-electron chi connectivity index (χ3n) is 1.31. The fourth-order valence-electron chi connectivity index (χ4n) is 0.812. The summed E-state index contributed by atoms with van der Waals surface area (Å²) in [7, 11) is 1.14. The van der Waals surface area contributed by atoms with E-state index in [4.69, 9.17) is 0 Å². The Balaban J connectivity index is 3.44. The third kappa shape index (κ3) is 10.2. The summed E-state index contributed by atoms with van der Waals surface area (Å²) in [6.07, 6.45) is 0. The van der Waals surface area contributed by atoms with Crippen molar-refractivity contribution in [1.82, 2.24) is 0 Å². The Kier molecular flexibility index (Phi) is 3.82. The van der Waals surface area contributed by atoms with E-state index < -0.39 is 0 Å². The first-order valence-electron chi connectivity index (χ1n) is 4.41. The fraction of sp³-hybridized carbons (Fsp3) is 1.00. The molecule has 0 N–H and O–H groups in total. The highest BCUT2D eigenvalue weighted by molar-refractivity contribution is 6.35. The van der Waals surface area contributed by atoms with Gasteiger partial charge in [-0.05, 0) is 0 Å². The molecule has 0 atom stereocenters. The molecule has 0 spiro atoms. The Hall–Kier alpha value is 0.217. The van der Waals surface area contributed by atoms with E-state index in [2.05, 4.69) is 41.5 Å². The number of rotatable bonds is 2. The maximum Gasteiger partial charge on any atom is -0.0631 e. The molecule has 0 nitrogen and oxygen atoms in total. The van der Waals surface area contributed by atoms with E-state index >= 15 is 0 Å². The van der Waals surface area contributed by atoms with Gasteiger partial charge in [-0.3, -0.25) is 0 Å². The Morgan fingerprint density at radius 2 is 1.00 bits per heavy atom. The minimum Gasteiger partial charge on any atom is -0.428 e. The minimum absolute atomic E-state index is 0.531. The van der Waals surface area contributed by atoms with Crippen molar-refractivity contribution < 1.29 is 0 Å². The summed E-state index contributed by atoms with van der Waals surface area (Å²) < 4.78 is 0. The van der Waals surface area contributed by atoms with Crippen molar-refractivity contribution in [2.45, 2.75) is 53.6 Å². The average Bonchev–Trinajstić information content (AvgIpc) is 1.55. The van der Waals surface area contributed by atoms with Crippen LogP contribution in [0.5, 0.6) is 0 Å². The Bertz CT molecular complexity index is 89.0. The molecular weight excluding hydrogens is 148 g/mol. The SMILES string of the molecule is CC(C)(C)C[Si-]CC(C)(C)C. The van der Waals surface area contributed by atoms with Crippen LogP contribution in [0.1, 0.15) is 41.5 Å². The topological polar surface area (TPSA) is 0 Å². The van der Waals surface area contributed by atoms with Gasteiger partial charge in [0.1, 0.15) is 0 Å². The van der Waals surface area contributed by atoms with Crippen molar-refractivity contribution in [3.63, 3.8) is 0 Å². The van der Waals surface area contributed by atoms with Gasteiger partial charge in [-0.15, -0.1) is 0 Å². The lowest BCUT2D eigenvalue weighted by atomic mass is 10.00. The molecule has 0 aromatic heterocycles. The van der Waals surface area contributed by atoms with Crippen LogP contribution in [0.2, 0.25) is 12.1 Å². The van der Waals surface area contributed by atoms with Gasteiger partial charge in [-0.25, -0.2) is 12.1 Å². The Labute approximate surface area is 74.6 Å². The van der Waals surface area contributed by atoms with Crippen LogP contribution < -0.4 is 0 Å². The maximum absolute atomic E-state index is 2.32. The van der Waals surface area contributed by atoms with Crippen LogP contribution in [0.15, 0.2) is 0 Å². The molecule has 0 amide bonds. The molecule has 0 unspecified atom stereocenters. The van der Waals surface area contributed by atoms with Crippen LogP contribution in [-0.4, -0.2) is 9.52 Å². The number of hydrogen-bond acceptors (Lipinski definition) is 0. The molecule has 0 fully saturated rings. The average molecular weight is 170 g/mol. The molecule has 0 bridgehead atoms. The van der Waals surface area contributed by atoms with E-state index in [1.54, 1.807) is 0 Å². The van der Waals surface area contributed by atoms with Gasteiger partial charge < -0.3 is 9.52 Å². The molecule has 0 aliphatic rings. The van der Waals surface area contributed by atoms with Gasteiger partial charge in [-0.1, -0.05) is 52.4 Å². The zero-order valence-corrected chi connectivity index (χ0v) is 9.91. The second-order valence-electron chi connectivity index (χ2n) is 5.72. The van der Waals surface area contributed by atoms with E-state index in [1.807, 2.05) is 0 Å². The van der Waals surface area contributed by atoms with Crippen molar-refractivity contribution >= 4 is 9.52 Å². The first kappa shape index (κ1) is 11.2. The van der Waals surface area contributed by atoms with Gasteiger partial charge >= 0.3 is 0 Å². The van der Waals surface area contributed by atoms with Crippen molar-refractivity contribution in [3.05, 3.63) is 0 Å². The molecule has 0 saturated heterocycles. The molecule has 1 radical (unpaired) electrons. The van der Waals surface area contributed by atoms with Crippen LogP contribution in [0, 0.1) is 10.8 Å². The summed E-state index contributed by atoms with van der Waals surface area (Å²) in [5.74, 6) is 0. The van der Waals surface area contributed by atoms with Gasteiger partial charge in [0.2, 0.25) is 0 Å². The monoisotopic (exact) mass is 170 g/mol. The molecule has 0 aliphatic carbocycles. The van der Waals surface area contributed by atoms with E-state index in [-0.39, 0.29) is 0 Å². The molecule has 67 valence electrons. The molecule has 11 heavy (non-hydrogen) atoms. The van der Waals surface area contributed by atoms with Gasteiger partial charge in [0.25, 0.3) is 0 Å². The van der Waals surface area contributed by atoms with E-state index in [0.29, 0.717) is 10.8 Å². The highest BCUT2D eigenvalue weighted by Gasteiger charge is 2.05. The van der Waals surface area contributed by atoms with Gasteiger partial charge in [0, 0.05) is 0 Å². The molecule has 0 saturated carbocycles. The van der Waals surface area contributed by atoms with Gasteiger partial charge in [0.15, 0.2) is 0 Å². The molecule has 1 heteroatoms. The quantitative estimate of drug-likeness (QED) is 0.555. The Morgan fingerprint density at radius 3 is 1.18 bits per heavy atom. The highest BCUT2D eigenvalue weighted by Crippen LogP contribution is 2.24. The predicted octanol–water partition coefficient (Wildman–Crippen LogP) is 3.62. The van der Waals surface area contributed by atoms with Gasteiger partial charge in [0.05, 0.1) is 0 Å². The number of hydrogen-bond donors (Lipinski definition) is 0. The second kappa shape index (κ2) is 3.75. The lowest BCUT2D eigenvalue weighted by molar-refractivity contribution is 0.445. The summed E-state index contributed by atoms with van der Waals surface area (Å²) >= 11 is 0. The summed E-state index contributed by atoms with van der Waals surface area (Å²) in [6.45, 7) is 13.9. The van der Waals surface area contributed by atoms with Crippen molar-refractivity contribution in [1.29, 1.82) is 0 Å². The van der Waals surface area contributed by atoms with E-state index in [9.17, 15) is 0 Å². The zero-order chi connectivity index (χ0) is 9.12. The largest absolute Gasteiger partial charge is 0.428 e. The minimum atomic E-state index is 0.531. The van der Waals surface area contributed by atoms with Crippen molar-refractivity contribution in [2.75, 3.05) is 0 Å². The highest BCUT2D eigenvalue weighted by atomic mass is 28.2. The Morgan fingerprint density at radius 1 is 0.727 bits per heavy atom. The predicted molar refractivity (Wildman–Crippen MR) is 54.3 cm³/mol. The maximum atomic E-state index is 2.32. The summed E-state index contributed by atoms with van der Waals surface area (Å²) in [6, 6.07) is 2.76. The second-order valence-corrected chi connectivity index (χ2v) is 6.93. The molecule has 0 heterocycles. The van der Waals surface area contributed by atoms with Crippen molar-refractivity contribution in [3.8, 4) is 0 Å². The fourth-order valence-corrected chi connectivity index (χ4v) is 2.44. The van der Waals surface area contributed by atoms with Crippen LogP contribution >= 0.6 is 0 Å². The van der Waals surface area contributed by atoms with Gasteiger partial charge in [-0.2, -0.15) is 0 Å². The smallest absolute Gasteiger partial charge is 0.0631 e.